The van der Waals surface area contributed by atoms with Gasteiger partial charge in [0.25, 0.3) is 5.91 Å². The summed E-state index contributed by atoms with van der Waals surface area (Å²) in [6.45, 7) is 5.80. The molecule has 0 saturated heterocycles. The van der Waals surface area contributed by atoms with Gasteiger partial charge in [0, 0.05) is 23.5 Å². The van der Waals surface area contributed by atoms with Crippen molar-refractivity contribution in [3.63, 3.8) is 0 Å². The summed E-state index contributed by atoms with van der Waals surface area (Å²) in [5, 5.41) is 2.63. The molecule has 30 heavy (non-hydrogen) atoms. The molecule has 0 radical (unpaired) electrons. The van der Waals surface area contributed by atoms with E-state index in [9.17, 15) is 18.0 Å². The van der Waals surface area contributed by atoms with Crippen LogP contribution in [0.1, 0.15) is 36.7 Å². The van der Waals surface area contributed by atoms with Gasteiger partial charge in [-0.1, -0.05) is 0 Å². The van der Waals surface area contributed by atoms with Gasteiger partial charge in [0.1, 0.15) is 5.60 Å². The van der Waals surface area contributed by atoms with Gasteiger partial charge in [0.05, 0.1) is 4.90 Å². The molecule has 0 unspecified atom stereocenters. The van der Waals surface area contributed by atoms with Crippen molar-refractivity contribution in [1.29, 1.82) is 0 Å². The van der Waals surface area contributed by atoms with Crippen LogP contribution in [0.25, 0.3) is 0 Å². The molecule has 2 aromatic rings. The van der Waals surface area contributed by atoms with Crippen LogP contribution >= 0.6 is 0 Å². The Morgan fingerprint density at radius 3 is 2.33 bits per heavy atom. The van der Waals surface area contributed by atoms with Crippen LogP contribution in [0.5, 0.6) is 0 Å². The van der Waals surface area contributed by atoms with Gasteiger partial charge in [0.15, 0.2) is 0 Å². The number of fused-ring (bicyclic) bond motifs is 1. The van der Waals surface area contributed by atoms with E-state index in [2.05, 4.69) is 10.0 Å². The molecule has 0 bridgehead atoms. The molecule has 1 aliphatic rings. The summed E-state index contributed by atoms with van der Waals surface area (Å²) in [7, 11) is -2.17. The normalized spacial score (nSPS) is 13.7. The summed E-state index contributed by atoms with van der Waals surface area (Å²) in [5.41, 5.74) is 1.89. The Morgan fingerprint density at radius 1 is 1.07 bits per heavy atom. The predicted molar refractivity (Wildman–Crippen MR) is 114 cm³/mol. The average Bonchev–Trinajstić information content (AvgIpc) is 3.09. The standard InChI is InChI=1S/C21H25N3O5S/c1-21(2,3)29-20(26)23-16-7-5-14(6-8-16)19(25)24-12-11-15-13-17(9-10-18(15)24)30(27,28)22-4/h5-10,13,22H,11-12H2,1-4H3,(H,23,26). The lowest BCUT2D eigenvalue weighted by Crippen LogP contribution is -2.29. The molecule has 9 heteroatoms. The Kier molecular flexibility index (Phi) is 5.87. The molecular weight excluding hydrogens is 406 g/mol. The molecule has 8 nitrogen and oxygen atoms in total. The van der Waals surface area contributed by atoms with E-state index < -0.39 is 21.7 Å². The first-order valence-corrected chi connectivity index (χ1v) is 11.0. The fraction of sp³-hybridized carbons (Fsp3) is 0.333. The Morgan fingerprint density at radius 2 is 1.73 bits per heavy atom. The molecule has 160 valence electrons. The van der Waals surface area contributed by atoms with E-state index in [4.69, 9.17) is 4.74 Å². The second-order valence-electron chi connectivity index (χ2n) is 7.91. The number of nitrogens with one attached hydrogen (secondary N) is 2. The van der Waals surface area contributed by atoms with Gasteiger partial charge >= 0.3 is 6.09 Å². The lowest BCUT2D eigenvalue weighted by atomic mass is 10.1. The van der Waals surface area contributed by atoms with Gasteiger partial charge in [-0.25, -0.2) is 17.9 Å². The molecule has 1 aliphatic heterocycles. The van der Waals surface area contributed by atoms with Crippen molar-refractivity contribution in [1.82, 2.24) is 4.72 Å². The highest BCUT2D eigenvalue weighted by Gasteiger charge is 2.27. The molecule has 3 rings (SSSR count). The summed E-state index contributed by atoms with van der Waals surface area (Å²) in [4.78, 5) is 26.6. The van der Waals surface area contributed by atoms with Gasteiger partial charge < -0.3 is 9.64 Å². The Hall–Kier alpha value is -2.91. The molecule has 2 N–H and O–H groups in total. The van der Waals surface area contributed by atoms with Gasteiger partial charge in [-0.2, -0.15) is 0 Å². The van der Waals surface area contributed by atoms with Crippen LogP contribution < -0.4 is 14.9 Å². The van der Waals surface area contributed by atoms with Crippen molar-refractivity contribution >= 4 is 33.4 Å². The Balaban J connectivity index is 1.74. The second-order valence-corrected chi connectivity index (χ2v) is 9.80. The number of nitrogens with zero attached hydrogens (tertiary/aromatic N) is 1. The number of anilines is 2. The van der Waals surface area contributed by atoms with Crippen molar-refractivity contribution in [2.75, 3.05) is 23.8 Å². The van der Waals surface area contributed by atoms with Gasteiger partial charge in [-0.15, -0.1) is 0 Å². The maximum atomic E-state index is 13.0. The number of carbonyl (C=O) groups excluding carboxylic acids is 2. The number of benzene rings is 2. The van der Waals surface area contributed by atoms with Crippen molar-refractivity contribution in [3.8, 4) is 0 Å². The van der Waals surface area contributed by atoms with Crippen LogP contribution in [0.2, 0.25) is 0 Å². The number of rotatable bonds is 4. The monoisotopic (exact) mass is 431 g/mol. The van der Waals surface area contributed by atoms with Crippen LogP contribution in [0.15, 0.2) is 47.4 Å². The quantitative estimate of drug-likeness (QED) is 0.774. The summed E-state index contributed by atoms with van der Waals surface area (Å²) >= 11 is 0. The first-order valence-electron chi connectivity index (χ1n) is 9.48. The van der Waals surface area contributed by atoms with E-state index in [1.165, 1.54) is 13.1 Å². The predicted octanol–water partition coefficient (Wildman–Crippen LogP) is 3.14. The lowest BCUT2D eigenvalue weighted by Gasteiger charge is -2.20. The van der Waals surface area contributed by atoms with Crippen molar-refractivity contribution < 1.29 is 22.7 Å². The summed E-state index contributed by atoms with van der Waals surface area (Å²) < 4.78 is 31.5. The molecular formula is C21H25N3O5S. The highest BCUT2D eigenvalue weighted by atomic mass is 32.2. The molecule has 2 amide bonds. The van der Waals surface area contributed by atoms with Gasteiger partial charge in [-0.05, 0) is 82.3 Å². The molecule has 0 fully saturated rings. The summed E-state index contributed by atoms with van der Waals surface area (Å²) in [6, 6.07) is 11.3. The largest absolute Gasteiger partial charge is 0.444 e. The first kappa shape index (κ1) is 21.8. The molecule has 0 aromatic heterocycles. The zero-order chi connectivity index (χ0) is 22.1. The minimum atomic E-state index is -3.53. The van der Waals surface area contributed by atoms with Gasteiger partial charge in [0.2, 0.25) is 10.0 Å². The molecule has 2 aromatic carbocycles. The topological polar surface area (TPSA) is 105 Å². The number of sulfonamides is 1. The minimum Gasteiger partial charge on any atom is -0.444 e. The maximum absolute atomic E-state index is 13.0. The fourth-order valence-electron chi connectivity index (χ4n) is 3.15. The van der Waals surface area contributed by atoms with Crippen molar-refractivity contribution in [2.45, 2.75) is 37.7 Å². The Labute approximate surface area is 176 Å². The summed E-state index contributed by atoms with van der Waals surface area (Å²) in [5.74, 6) is -0.193. The van der Waals surface area contributed by atoms with Crippen LogP contribution in [0.3, 0.4) is 0 Å². The van der Waals surface area contributed by atoms with Crippen LogP contribution in [0.4, 0.5) is 16.2 Å². The number of hydrogen-bond donors (Lipinski definition) is 2. The highest BCUT2D eigenvalue weighted by molar-refractivity contribution is 7.89. The second kappa shape index (κ2) is 8.08. The highest BCUT2D eigenvalue weighted by Crippen LogP contribution is 2.31. The summed E-state index contributed by atoms with van der Waals surface area (Å²) in [6.07, 6.45) is 0.00858. The van der Waals surface area contributed by atoms with E-state index in [1.54, 1.807) is 62.1 Å². The maximum Gasteiger partial charge on any atom is 0.412 e. The number of amides is 2. The number of carbonyl (C=O) groups is 2. The zero-order valence-electron chi connectivity index (χ0n) is 17.4. The molecule has 0 atom stereocenters. The van der Waals surface area contributed by atoms with E-state index >= 15 is 0 Å². The van der Waals surface area contributed by atoms with E-state index in [0.29, 0.717) is 29.9 Å². The Bertz CT molecular complexity index is 1070. The SMILES string of the molecule is CNS(=O)(=O)c1ccc2c(c1)CCN2C(=O)c1ccc(NC(=O)OC(C)(C)C)cc1. The van der Waals surface area contributed by atoms with E-state index in [0.717, 1.165) is 5.56 Å². The van der Waals surface area contributed by atoms with E-state index in [-0.39, 0.29) is 10.8 Å². The number of hydrogen-bond acceptors (Lipinski definition) is 5. The van der Waals surface area contributed by atoms with Crippen molar-refractivity contribution in [3.05, 3.63) is 53.6 Å². The third kappa shape index (κ3) is 4.80. The first-order chi connectivity index (χ1) is 14.0. The average molecular weight is 432 g/mol. The molecule has 0 spiro atoms. The van der Waals surface area contributed by atoms with Crippen molar-refractivity contribution in [2.24, 2.45) is 0 Å². The molecule has 1 heterocycles. The fourth-order valence-corrected chi connectivity index (χ4v) is 3.93. The smallest absolute Gasteiger partial charge is 0.412 e. The van der Waals surface area contributed by atoms with E-state index in [1.807, 2.05) is 0 Å². The third-order valence-electron chi connectivity index (χ3n) is 4.55. The van der Waals surface area contributed by atoms with Gasteiger partial charge in [-0.3, -0.25) is 10.1 Å². The lowest BCUT2D eigenvalue weighted by molar-refractivity contribution is 0.0635. The van der Waals surface area contributed by atoms with Crippen LogP contribution in [-0.2, 0) is 21.2 Å². The van der Waals surface area contributed by atoms with Crippen LogP contribution in [0, 0.1) is 0 Å². The zero-order valence-corrected chi connectivity index (χ0v) is 18.2. The number of ether oxygens (including phenoxy) is 1. The molecule has 0 aliphatic carbocycles. The third-order valence-corrected chi connectivity index (χ3v) is 5.96. The molecule has 0 saturated carbocycles. The minimum absolute atomic E-state index is 0.176. The van der Waals surface area contributed by atoms with Crippen LogP contribution in [-0.4, -0.2) is 39.6 Å².